The van der Waals surface area contributed by atoms with Crippen LogP contribution in [0.25, 0.3) is 0 Å². The van der Waals surface area contributed by atoms with Crippen LogP contribution >= 0.6 is 0 Å². The van der Waals surface area contributed by atoms with Gasteiger partial charge in [0.25, 0.3) is 0 Å². The molecule has 1 saturated carbocycles. The van der Waals surface area contributed by atoms with Gasteiger partial charge in [0, 0.05) is 51.9 Å². The number of nitrogens with zero attached hydrogens (tertiary/aromatic N) is 3. The summed E-state index contributed by atoms with van der Waals surface area (Å²) in [5, 5.41) is 13.9. The summed E-state index contributed by atoms with van der Waals surface area (Å²) in [6, 6.07) is 0. The van der Waals surface area contributed by atoms with Crippen molar-refractivity contribution in [3.8, 4) is 0 Å². The predicted octanol–water partition coefficient (Wildman–Crippen LogP) is 5.38. The van der Waals surface area contributed by atoms with E-state index in [4.69, 9.17) is 24.5 Å². The molecule has 0 amide bonds. The molecular weight excluding hydrogens is 584 g/mol. The molecule has 0 aromatic rings. The predicted molar refractivity (Wildman–Crippen MR) is 175 cm³/mol. The number of carbonyl (C=O) groups excluding carboxylic acids is 3. The average molecular weight is 621 g/mol. The van der Waals surface area contributed by atoms with Crippen LogP contribution in [0.5, 0.6) is 0 Å². The van der Waals surface area contributed by atoms with Gasteiger partial charge >= 0.3 is 11.9 Å². The molecule has 6 rings (SSSR count). The highest BCUT2D eigenvalue weighted by atomic mass is 16.5. The molecule has 1 saturated heterocycles. The molecule has 0 aromatic carbocycles. The molecule has 46 heavy (non-hydrogen) atoms. The summed E-state index contributed by atoms with van der Waals surface area (Å²) in [5.74, 6) is -3.02. The van der Waals surface area contributed by atoms with Crippen LogP contribution in [0.15, 0.2) is 120 Å². The van der Waals surface area contributed by atoms with E-state index in [-0.39, 0.29) is 30.0 Å². The lowest BCUT2D eigenvalue weighted by Crippen LogP contribution is -2.26. The summed E-state index contributed by atoms with van der Waals surface area (Å²) in [6.07, 6.45) is 9.59. The number of hydrogen-bond acceptors (Lipinski definition) is 10. The molecule has 5 aliphatic heterocycles. The van der Waals surface area contributed by atoms with Gasteiger partial charge in [-0.05, 0) is 61.6 Å². The van der Waals surface area contributed by atoms with Gasteiger partial charge in [-0.2, -0.15) is 0 Å². The molecule has 10 nitrogen and oxygen atoms in total. The minimum Gasteiger partial charge on any atom is -0.515 e. The number of hydrogen-bond donors (Lipinski definition) is 2. The highest BCUT2D eigenvalue weighted by Gasteiger charge is 2.51. The highest BCUT2D eigenvalue weighted by molar-refractivity contribution is 6.42. The number of ether oxygens (including phenoxy) is 2. The van der Waals surface area contributed by atoms with Crippen molar-refractivity contribution in [3.05, 3.63) is 105 Å². The lowest BCUT2D eigenvalue weighted by Gasteiger charge is -2.19. The number of carbonyl (C=O) groups is 3. The zero-order valence-corrected chi connectivity index (χ0v) is 26.8. The van der Waals surface area contributed by atoms with Gasteiger partial charge in [-0.3, -0.25) is 14.4 Å². The smallest absolute Gasteiger partial charge is 0.321 e. The van der Waals surface area contributed by atoms with Gasteiger partial charge < -0.3 is 19.9 Å². The summed E-state index contributed by atoms with van der Waals surface area (Å²) in [7, 11) is 2.62. The fourth-order valence-electron chi connectivity index (χ4n) is 7.09. The second-order valence-corrected chi connectivity index (χ2v) is 11.9. The lowest BCUT2D eigenvalue weighted by atomic mass is 9.85. The van der Waals surface area contributed by atoms with Crippen LogP contribution in [0.4, 0.5) is 0 Å². The largest absolute Gasteiger partial charge is 0.515 e. The Hall–Kier alpha value is -5.12. The highest BCUT2D eigenvalue weighted by Crippen LogP contribution is 2.47. The van der Waals surface area contributed by atoms with Gasteiger partial charge in [0.2, 0.25) is 0 Å². The molecule has 2 N–H and O–H groups in total. The molecule has 0 aromatic heterocycles. The number of rotatable bonds is 6. The van der Waals surface area contributed by atoms with Crippen molar-refractivity contribution >= 4 is 34.9 Å². The van der Waals surface area contributed by atoms with Gasteiger partial charge in [-0.15, -0.1) is 0 Å². The van der Waals surface area contributed by atoms with Gasteiger partial charge in [-0.1, -0.05) is 26.5 Å². The van der Waals surface area contributed by atoms with E-state index in [0.717, 1.165) is 28.7 Å². The van der Waals surface area contributed by atoms with Crippen molar-refractivity contribution in [1.82, 2.24) is 5.32 Å². The topological polar surface area (TPSA) is 139 Å². The number of allylic oxidation sites excluding steroid dienone is 11. The monoisotopic (exact) mass is 620 g/mol. The Balaban J connectivity index is 1.67. The minimum absolute atomic E-state index is 0.139. The molecule has 8 bridgehead atoms. The second kappa shape index (κ2) is 11.7. The average Bonchev–Trinajstić information content (AvgIpc) is 3.79. The van der Waals surface area contributed by atoms with E-state index in [1.807, 2.05) is 45.9 Å². The van der Waals surface area contributed by atoms with Crippen molar-refractivity contribution in [1.29, 1.82) is 0 Å². The molecular formula is C36H36N4O6. The number of ketones is 1. The van der Waals surface area contributed by atoms with Crippen LogP contribution in [0.1, 0.15) is 47.0 Å². The second-order valence-electron chi connectivity index (χ2n) is 11.9. The van der Waals surface area contributed by atoms with Gasteiger partial charge in [0.15, 0.2) is 5.78 Å². The van der Waals surface area contributed by atoms with Crippen molar-refractivity contribution in [2.24, 2.45) is 32.7 Å². The summed E-state index contributed by atoms with van der Waals surface area (Å²) >= 11 is 0. The Kier molecular flexibility index (Phi) is 7.83. The van der Waals surface area contributed by atoms with E-state index in [9.17, 15) is 19.5 Å². The SMILES string of the molecule is C=CC1=C(C)C2=NC1=CC1=NC(=C(CC)/C1=C/O)C=C1N=C3C(=C1C)C(=O)C(C(=O)OC)C3=C1NC(=C2)C(C)C1CCC(=O)OC. The third kappa shape index (κ3) is 4.62. The Labute approximate surface area is 267 Å². The first kappa shape index (κ1) is 30.9. The first-order chi connectivity index (χ1) is 22.1. The maximum absolute atomic E-state index is 14.1. The number of esters is 2. The summed E-state index contributed by atoms with van der Waals surface area (Å²) in [6.45, 7) is 11.8. The van der Waals surface area contributed by atoms with Gasteiger partial charge in [-0.25, -0.2) is 15.0 Å². The molecule has 0 radical (unpaired) electrons. The Morgan fingerprint density at radius 3 is 2.46 bits per heavy atom. The summed E-state index contributed by atoms with van der Waals surface area (Å²) in [5.41, 5.74) is 9.56. The molecule has 1 aliphatic carbocycles. The third-order valence-corrected chi connectivity index (χ3v) is 9.62. The van der Waals surface area contributed by atoms with E-state index >= 15 is 0 Å². The number of Topliss-reactive ketones (excluding diaryl/α,β-unsaturated/α-hetero) is 1. The van der Waals surface area contributed by atoms with Crippen LogP contribution in [-0.4, -0.2) is 54.2 Å². The Bertz CT molecular complexity index is 1880. The van der Waals surface area contributed by atoms with Crippen LogP contribution in [0, 0.1) is 17.8 Å². The van der Waals surface area contributed by atoms with E-state index in [0.29, 0.717) is 75.1 Å². The van der Waals surface area contributed by atoms with E-state index in [1.165, 1.54) is 14.2 Å². The summed E-state index contributed by atoms with van der Waals surface area (Å²) < 4.78 is 10.1. The normalized spacial score (nSPS) is 25.8. The van der Waals surface area contributed by atoms with Crippen LogP contribution in [0.2, 0.25) is 0 Å². The molecule has 5 heterocycles. The van der Waals surface area contributed by atoms with E-state index < -0.39 is 11.9 Å². The van der Waals surface area contributed by atoms with Crippen molar-refractivity contribution in [3.63, 3.8) is 0 Å². The third-order valence-electron chi connectivity index (χ3n) is 9.62. The van der Waals surface area contributed by atoms with Gasteiger partial charge in [0.1, 0.15) is 5.92 Å². The molecule has 236 valence electrons. The molecule has 0 spiro atoms. The van der Waals surface area contributed by atoms with Crippen molar-refractivity contribution < 1.29 is 29.0 Å². The number of aliphatic imine (C=N–C) groups is 3. The van der Waals surface area contributed by atoms with Crippen LogP contribution < -0.4 is 5.32 Å². The molecule has 3 unspecified atom stereocenters. The van der Waals surface area contributed by atoms with Crippen LogP contribution in [-0.2, 0) is 23.9 Å². The molecule has 3 atom stereocenters. The van der Waals surface area contributed by atoms with Crippen molar-refractivity contribution in [2.45, 2.75) is 47.0 Å². The molecule has 2 fully saturated rings. The number of methoxy groups -OCH3 is 2. The standard InChI is InChI=1S/C36H36N4O6/c1-8-19-16(3)23-12-24-17(4)21(10-11-29(42)45-6)33(39-24)31-32(36(44)46-7)35(43)30-18(5)25(40-34(30)31)13-27-20(9-2)22(15-41)28(38-27)14-26(19)37-23/h8,12-15,17,21,32,39,41H,1,9-11H2,2-7H3/b22-15-,24-12?,25-13?,26-14?,33-31?. The fraction of sp³-hybridized carbons (Fsp3) is 0.333. The first-order valence-electron chi connectivity index (χ1n) is 15.3. The number of nitrogens with one attached hydrogen (secondary N) is 1. The number of aliphatic hydroxyl groups excluding tert-OH is 1. The van der Waals surface area contributed by atoms with E-state index in [1.54, 1.807) is 6.08 Å². The molecule has 6 aliphatic rings. The van der Waals surface area contributed by atoms with E-state index in [2.05, 4.69) is 11.9 Å². The first-order valence-corrected chi connectivity index (χ1v) is 15.3. The maximum atomic E-state index is 14.1. The molecule has 10 heteroatoms. The zero-order chi connectivity index (χ0) is 33.0. The quantitative estimate of drug-likeness (QED) is 0.231. The van der Waals surface area contributed by atoms with Crippen LogP contribution in [0.3, 0.4) is 0 Å². The lowest BCUT2D eigenvalue weighted by molar-refractivity contribution is -0.146. The van der Waals surface area contributed by atoms with Crippen molar-refractivity contribution in [2.75, 3.05) is 14.2 Å². The number of fused-ring (bicyclic) bond motifs is 5. The number of aliphatic hydroxyl groups is 1. The minimum atomic E-state index is -1.21. The maximum Gasteiger partial charge on any atom is 0.321 e. The zero-order valence-electron chi connectivity index (χ0n) is 26.8. The fourth-order valence-corrected chi connectivity index (χ4v) is 7.09. The Morgan fingerprint density at radius 1 is 1.04 bits per heavy atom. The van der Waals surface area contributed by atoms with Gasteiger partial charge in [0.05, 0.1) is 54.7 Å². The Morgan fingerprint density at radius 2 is 1.80 bits per heavy atom. The summed E-state index contributed by atoms with van der Waals surface area (Å²) in [4.78, 5) is 54.5.